The van der Waals surface area contributed by atoms with Crippen LogP contribution in [0.2, 0.25) is 0 Å². The minimum atomic E-state index is 0.472. The molecule has 0 saturated heterocycles. The van der Waals surface area contributed by atoms with Gasteiger partial charge in [-0.05, 0) is 25.5 Å². The van der Waals surface area contributed by atoms with Gasteiger partial charge in [0.2, 0.25) is 0 Å². The molecule has 0 aliphatic carbocycles. The van der Waals surface area contributed by atoms with Crippen molar-refractivity contribution in [3.8, 4) is 0 Å². The monoisotopic (exact) mass is 231 g/mol. The van der Waals surface area contributed by atoms with Crippen LogP contribution in [0.5, 0.6) is 0 Å². The first kappa shape index (κ1) is 13.8. The van der Waals surface area contributed by atoms with Gasteiger partial charge in [0.15, 0.2) is 0 Å². The zero-order valence-corrected chi connectivity index (χ0v) is 11.2. The zero-order chi connectivity index (χ0) is 12.3. The average molecular weight is 231 g/mol. The first-order valence-corrected chi connectivity index (χ1v) is 6.81. The maximum Gasteiger partial charge on any atom is 0.0444 e. The van der Waals surface area contributed by atoms with Gasteiger partial charge < -0.3 is 5.32 Å². The van der Waals surface area contributed by atoms with E-state index in [1.807, 2.05) is 0 Å². The molecule has 0 bridgehead atoms. The number of benzene rings is 1. The fraction of sp³-hybridized carbons (Fsp3) is 0.500. The number of hydrogen-bond donors (Lipinski definition) is 1. The predicted octanol–water partition coefficient (Wildman–Crippen LogP) is 5.01. The number of hydrogen-bond acceptors (Lipinski definition) is 1. The molecular formula is C16H25N. The van der Waals surface area contributed by atoms with E-state index in [2.05, 4.69) is 61.6 Å². The third-order valence-corrected chi connectivity index (χ3v) is 2.92. The summed E-state index contributed by atoms with van der Waals surface area (Å²) >= 11 is 0. The van der Waals surface area contributed by atoms with Gasteiger partial charge in [-0.25, -0.2) is 0 Å². The molecule has 1 N–H and O–H groups in total. The summed E-state index contributed by atoms with van der Waals surface area (Å²) in [5, 5.41) is 3.57. The van der Waals surface area contributed by atoms with E-state index < -0.39 is 0 Å². The number of para-hydroxylation sites is 1. The molecular weight excluding hydrogens is 206 g/mol. The minimum absolute atomic E-state index is 0.472. The maximum atomic E-state index is 3.57. The Bertz CT molecular complexity index is 303. The molecule has 0 aliphatic rings. The van der Waals surface area contributed by atoms with E-state index in [1.165, 1.54) is 37.8 Å². The fourth-order valence-corrected chi connectivity index (χ4v) is 1.99. The van der Waals surface area contributed by atoms with Crippen molar-refractivity contribution in [3.05, 3.63) is 42.5 Å². The number of unbranched alkanes of at least 4 members (excludes halogenated alkanes) is 3. The van der Waals surface area contributed by atoms with E-state index in [0.29, 0.717) is 6.04 Å². The molecule has 0 fully saturated rings. The predicted molar refractivity (Wildman–Crippen MR) is 77.4 cm³/mol. The molecule has 1 unspecified atom stereocenters. The first-order valence-electron chi connectivity index (χ1n) is 6.81. The number of allylic oxidation sites excluding steroid dienone is 1. The van der Waals surface area contributed by atoms with Crippen molar-refractivity contribution in [2.75, 3.05) is 5.32 Å². The van der Waals surface area contributed by atoms with Gasteiger partial charge in [-0.2, -0.15) is 0 Å². The van der Waals surface area contributed by atoms with Crippen LogP contribution in [0.3, 0.4) is 0 Å². The Morgan fingerprint density at radius 3 is 2.53 bits per heavy atom. The summed E-state index contributed by atoms with van der Waals surface area (Å²) in [5.74, 6) is 0. The molecule has 1 atom stereocenters. The van der Waals surface area contributed by atoms with Gasteiger partial charge in [-0.3, -0.25) is 0 Å². The SMILES string of the molecule is C/C=C/C(CCCCCC)Nc1ccccc1. The molecule has 0 heterocycles. The quantitative estimate of drug-likeness (QED) is 0.489. The summed E-state index contributed by atoms with van der Waals surface area (Å²) in [4.78, 5) is 0. The largest absolute Gasteiger partial charge is 0.379 e. The molecule has 94 valence electrons. The highest BCUT2D eigenvalue weighted by atomic mass is 14.9. The van der Waals surface area contributed by atoms with Crippen molar-refractivity contribution < 1.29 is 0 Å². The first-order chi connectivity index (χ1) is 8.36. The van der Waals surface area contributed by atoms with Gasteiger partial charge in [-0.1, -0.05) is 63.0 Å². The lowest BCUT2D eigenvalue weighted by atomic mass is 10.1. The molecule has 17 heavy (non-hydrogen) atoms. The molecule has 0 amide bonds. The van der Waals surface area contributed by atoms with Gasteiger partial charge >= 0.3 is 0 Å². The molecule has 1 heteroatoms. The van der Waals surface area contributed by atoms with Crippen LogP contribution in [0, 0.1) is 0 Å². The topological polar surface area (TPSA) is 12.0 Å². The van der Waals surface area contributed by atoms with Crippen molar-refractivity contribution in [3.63, 3.8) is 0 Å². The molecule has 0 radical (unpaired) electrons. The van der Waals surface area contributed by atoms with Crippen LogP contribution in [0.25, 0.3) is 0 Å². The molecule has 0 spiro atoms. The van der Waals surface area contributed by atoms with Crippen LogP contribution in [0.4, 0.5) is 5.69 Å². The lowest BCUT2D eigenvalue weighted by Gasteiger charge is -2.16. The third kappa shape index (κ3) is 6.15. The van der Waals surface area contributed by atoms with Gasteiger partial charge in [0, 0.05) is 11.7 Å². The van der Waals surface area contributed by atoms with E-state index in [4.69, 9.17) is 0 Å². The second-order valence-electron chi connectivity index (χ2n) is 4.49. The Balaban J connectivity index is 2.38. The van der Waals surface area contributed by atoms with Gasteiger partial charge in [-0.15, -0.1) is 0 Å². The summed E-state index contributed by atoms with van der Waals surface area (Å²) in [6.45, 7) is 4.34. The van der Waals surface area contributed by atoms with E-state index in [-0.39, 0.29) is 0 Å². The fourth-order valence-electron chi connectivity index (χ4n) is 1.99. The normalized spacial score (nSPS) is 12.8. The van der Waals surface area contributed by atoms with Crippen LogP contribution < -0.4 is 5.32 Å². The van der Waals surface area contributed by atoms with E-state index in [1.54, 1.807) is 0 Å². The smallest absolute Gasteiger partial charge is 0.0444 e. The molecule has 1 aromatic rings. The van der Waals surface area contributed by atoms with Crippen molar-refractivity contribution in [2.24, 2.45) is 0 Å². The minimum Gasteiger partial charge on any atom is -0.379 e. The molecule has 0 aliphatic heterocycles. The van der Waals surface area contributed by atoms with Crippen molar-refractivity contribution in [2.45, 2.75) is 52.0 Å². The molecule has 1 aromatic carbocycles. The third-order valence-electron chi connectivity index (χ3n) is 2.92. The maximum absolute atomic E-state index is 3.57. The van der Waals surface area contributed by atoms with Crippen LogP contribution in [-0.4, -0.2) is 6.04 Å². The summed E-state index contributed by atoms with van der Waals surface area (Å²) in [6, 6.07) is 10.9. The number of nitrogens with one attached hydrogen (secondary N) is 1. The van der Waals surface area contributed by atoms with Crippen LogP contribution in [0.15, 0.2) is 42.5 Å². The highest BCUT2D eigenvalue weighted by Gasteiger charge is 2.03. The second kappa shape index (κ2) is 8.86. The summed E-state index contributed by atoms with van der Waals surface area (Å²) < 4.78 is 0. The Labute approximate surface area is 106 Å². The van der Waals surface area contributed by atoms with Crippen LogP contribution in [0.1, 0.15) is 46.0 Å². The summed E-state index contributed by atoms with van der Waals surface area (Å²) in [7, 11) is 0. The zero-order valence-electron chi connectivity index (χ0n) is 11.2. The highest BCUT2D eigenvalue weighted by Crippen LogP contribution is 2.13. The average Bonchev–Trinajstić information content (AvgIpc) is 2.36. The van der Waals surface area contributed by atoms with E-state index in [0.717, 1.165) is 0 Å². The second-order valence-corrected chi connectivity index (χ2v) is 4.49. The number of anilines is 1. The summed E-state index contributed by atoms with van der Waals surface area (Å²) in [6.07, 6.45) is 10.9. The molecule has 1 rings (SSSR count). The van der Waals surface area contributed by atoms with Crippen molar-refractivity contribution in [1.29, 1.82) is 0 Å². The van der Waals surface area contributed by atoms with Gasteiger partial charge in [0.1, 0.15) is 0 Å². The summed E-state index contributed by atoms with van der Waals surface area (Å²) in [5.41, 5.74) is 1.21. The lowest BCUT2D eigenvalue weighted by molar-refractivity contribution is 0.614. The van der Waals surface area contributed by atoms with Gasteiger partial charge in [0.25, 0.3) is 0 Å². The van der Waals surface area contributed by atoms with Crippen molar-refractivity contribution >= 4 is 5.69 Å². The Morgan fingerprint density at radius 1 is 1.12 bits per heavy atom. The Morgan fingerprint density at radius 2 is 1.88 bits per heavy atom. The van der Waals surface area contributed by atoms with E-state index >= 15 is 0 Å². The molecule has 0 saturated carbocycles. The standard InChI is InChI=1S/C16H25N/c1-3-5-6-8-12-15(11-4-2)17-16-13-9-7-10-14-16/h4,7,9-11,13-15,17H,3,5-6,8,12H2,1-2H3/b11-4+. The van der Waals surface area contributed by atoms with Crippen LogP contribution in [-0.2, 0) is 0 Å². The molecule has 0 aromatic heterocycles. The van der Waals surface area contributed by atoms with Gasteiger partial charge in [0.05, 0.1) is 0 Å². The van der Waals surface area contributed by atoms with E-state index in [9.17, 15) is 0 Å². The lowest BCUT2D eigenvalue weighted by Crippen LogP contribution is -2.16. The van der Waals surface area contributed by atoms with Crippen LogP contribution >= 0.6 is 0 Å². The Hall–Kier alpha value is -1.24. The highest BCUT2D eigenvalue weighted by molar-refractivity contribution is 5.44. The Kier molecular flexibility index (Phi) is 7.20. The van der Waals surface area contributed by atoms with Crippen molar-refractivity contribution in [1.82, 2.24) is 0 Å². The number of rotatable bonds is 8. The molecule has 1 nitrogen and oxygen atoms in total.